The first-order valence-electron chi connectivity index (χ1n) is 3.85. The van der Waals surface area contributed by atoms with E-state index in [1.807, 2.05) is 0 Å². The van der Waals surface area contributed by atoms with Crippen LogP contribution in [0.2, 0.25) is 0 Å². The minimum Gasteiger partial charge on any atom is -0.480 e. The van der Waals surface area contributed by atoms with Crippen LogP contribution in [0.4, 0.5) is 0 Å². The van der Waals surface area contributed by atoms with Crippen LogP contribution in [0.1, 0.15) is 12.8 Å². The molecule has 0 saturated heterocycles. The van der Waals surface area contributed by atoms with Crippen molar-refractivity contribution in [3.8, 4) is 0 Å². The Hall–Kier alpha value is -0.940. The molecular formula is C7H15N3O2. The van der Waals surface area contributed by atoms with Crippen LogP contribution in [0, 0.1) is 0 Å². The first-order chi connectivity index (χ1) is 5.68. The molecule has 5 nitrogen and oxygen atoms in total. The van der Waals surface area contributed by atoms with E-state index in [0.29, 0.717) is 25.9 Å². The molecule has 0 fully saturated rings. The van der Waals surface area contributed by atoms with Gasteiger partial charge in [0.25, 0.3) is 0 Å². The monoisotopic (exact) mass is 173 g/mol. The molecule has 0 unspecified atom stereocenters. The molecule has 0 heterocycles. The van der Waals surface area contributed by atoms with Crippen LogP contribution < -0.4 is 11.5 Å². The highest BCUT2D eigenvalue weighted by atomic mass is 16.4. The molecule has 0 amide bonds. The molecule has 0 aliphatic rings. The molecule has 0 rings (SSSR count). The molecule has 0 aromatic rings. The smallest absolute Gasteiger partial charge is 0.320 e. The summed E-state index contributed by atoms with van der Waals surface area (Å²) in [5.74, 6) is -0.960. The number of carboxylic acids is 1. The summed E-state index contributed by atoms with van der Waals surface area (Å²) in [5.41, 5.74) is 10.4. The largest absolute Gasteiger partial charge is 0.480 e. The Labute approximate surface area is 71.5 Å². The van der Waals surface area contributed by atoms with Gasteiger partial charge in [0.05, 0.1) is 0 Å². The summed E-state index contributed by atoms with van der Waals surface area (Å²) in [7, 11) is 0. The van der Waals surface area contributed by atoms with Gasteiger partial charge in [-0.3, -0.25) is 9.79 Å². The number of nitrogens with zero attached hydrogens (tertiary/aromatic N) is 1. The second kappa shape index (κ2) is 6.75. The third-order valence-corrected chi connectivity index (χ3v) is 1.35. The summed E-state index contributed by atoms with van der Waals surface area (Å²) < 4.78 is 0. The molecule has 0 radical (unpaired) electrons. The zero-order valence-corrected chi connectivity index (χ0v) is 6.94. The molecule has 5 N–H and O–H groups in total. The third kappa shape index (κ3) is 5.82. The number of nitrogens with two attached hydrogens (primary N) is 2. The van der Waals surface area contributed by atoms with Crippen LogP contribution in [0.25, 0.3) is 0 Å². The van der Waals surface area contributed by atoms with Crippen molar-refractivity contribution in [2.24, 2.45) is 16.5 Å². The highest BCUT2D eigenvalue weighted by Gasteiger charge is 2.09. The predicted molar refractivity (Wildman–Crippen MR) is 47.3 cm³/mol. The molecule has 0 saturated carbocycles. The summed E-state index contributed by atoms with van der Waals surface area (Å²) >= 11 is 0. The molecule has 0 aromatic carbocycles. The minimum atomic E-state index is -0.960. The lowest BCUT2D eigenvalue weighted by molar-refractivity contribution is -0.138. The standard InChI is InChI=1S/C7H15N3O2/c8-3-5-10-4-1-2-6(9)7(11)12/h5-6H,1-4,8-9H2,(H,11,12)/t6-/m0/s1. The van der Waals surface area contributed by atoms with Gasteiger partial charge in [0, 0.05) is 19.3 Å². The zero-order valence-electron chi connectivity index (χ0n) is 6.94. The van der Waals surface area contributed by atoms with E-state index in [2.05, 4.69) is 4.99 Å². The summed E-state index contributed by atoms with van der Waals surface area (Å²) in [6.07, 6.45) is 2.74. The first-order valence-corrected chi connectivity index (χ1v) is 3.85. The highest BCUT2D eigenvalue weighted by molar-refractivity contribution is 5.72. The molecule has 0 aromatic heterocycles. The van der Waals surface area contributed by atoms with Crippen LogP contribution in [-0.4, -0.2) is 36.4 Å². The Morgan fingerprint density at radius 3 is 2.83 bits per heavy atom. The van der Waals surface area contributed by atoms with Gasteiger partial charge in [0.1, 0.15) is 6.04 Å². The van der Waals surface area contributed by atoms with Crippen molar-refractivity contribution >= 4 is 12.2 Å². The van der Waals surface area contributed by atoms with E-state index in [9.17, 15) is 4.79 Å². The average molecular weight is 173 g/mol. The number of aliphatic carboxylic acids is 1. The van der Waals surface area contributed by atoms with Crippen molar-refractivity contribution in [1.82, 2.24) is 0 Å². The average Bonchev–Trinajstić information content (AvgIpc) is 2.03. The lowest BCUT2D eigenvalue weighted by Gasteiger charge is -2.02. The molecule has 0 aliphatic carbocycles. The first kappa shape index (κ1) is 11.1. The second-order valence-corrected chi connectivity index (χ2v) is 2.41. The topological polar surface area (TPSA) is 102 Å². The number of hydrogen-bond acceptors (Lipinski definition) is 4. The van der Waals surface area contributed by atoms with Crippen molar-refractivity contribution in [2.45, 2.75) is 18.9 Å². The van der Waals surface area contributed by atoms with E-state index in [1.54, 1.807) is 6.21 Å². The SMILES string of the molecule is NCC=NCCC[C@H](N)C(=O)O. The number of hydrogen-bond donors (Lipinski definition) is 3. The summed E-state index contributed by atoms with van der Waals surface area (Å²) in [5, 5.41) is 8.40. The van der Waals surface area contributed by atoms with Gasteiger partial charge < -0.3 is 16.6 Å². The Morgan fingerprint density at radius 1 is 1.67 bits per heavy atom. The van der Waals surface area contributed by atoms with E-state index in [4.69, 9.17) is 16.6 Å². The van der Waals surface area contributed by atoms with Gasteiger partial charge in [0.2, 0.25) is 0 Å². The van der Waals surface area contributed by atoms with Crippen LogP contribution >= 0.6 is 0 Å². The van der Waals surface area contributed by atoms with Gasteiger partial charge in [-0.2, -0.15) is 0 Å². The molecule has 12 heavy (non-hydrogen) atoms. The van der Waals surface area contributed by atoms with Crippen LogP contribution in [0.5, 0.6) is 0 Å². The van der Waals surface area contributed by atoms with E-state index in [1.165, 1.54) is 0 Å². The van der Waals surface area contributed by atoms with Crippen LogP contribution in [-0.2, 0) is 4.79 Å². The fourth-order valence-electron chi connectivity index (χ4n) is 0.692. The third-order valence-electron chi connectivity index (χ3n) is 1.35. The zero-order chi connectivity index (χ0) is 9.40. The molecular weight excluding hydrogens is 158 g/mol. The maximum absolute atomic E-state index is 10.2. The number of rotatable bonds is 6. The molecule has 0 spiro atoms. The Morgan fingerprint density at radius 2 is 2.33 bits per heavy atom. The van der Waals surface area contributed by atoms with Gasteiger partial charge in [-0.05, 0) is 12.8 Å². The maximum Gasteiger partial charge on any atom is 0.320 e. The minimum absolute atomic E-state index is 0.422. The van der Waals surface area contributed by atoms with Crippen molar-refractivity contribution in [3.05, 3.63) is 0 Å². The van der Waals surface area contributed by atoms with Crippen LogP contribution in [0.3, 0.4) is 0 Å². The van der Waals surface area contributed by atoms with Crippen molar-refractivity contribution < 1.29 is 9.90 Å². The summed E-state index contributed by atoms with van der Waals surface area (Å²) in [6.45, 7) is 1.02. The fraction of sp³-hybridized carbons (Fsp3) is 0.714. The molecule has 0 aliphatic heterocycles. The summed E-state index contributed by atoms with van der Waals surface area (Å²) in [6, 6.07) is -0.766. The van der Waals surface area contributed by atoms with E-state index < -0.39 is 12.0 Å². The van der Waals surface area contributed by atoms with Gasteiger partial charge in [-0.25, -0.2) is 0 Å². The fourth-order valence-corrected chi connectivity index (χ4v) is 0.692. The Kier molecular flexibility index (Phi) is 6.22. The van der Waals surface area contributed by atoms with E-state index in [-0.39, 0.29) is 0 Å². The maximum atomic E-state index is 10.2. The van der Waals surface area contributed by atoms with Crippen LogP contribution in [0.15, 0.2) is 4.99 Å². The van der Waals surface area contributed by atoms with Gasteiger partial charge >= 0.3 is 5.97 Å². The highest BCUT2D eigenvalue weighted by Crippen LogP contribution is 1.94. The predicted octanol–water partition coefficient (Wildman–Crippen LogP) is -0.792. The van der Waals surface area contributed by atoms with Crippen molar-refractivity contribution in [2.75, 3.05) is 13.1 Å². The molecule has 1 atom stereocenters. The quantitative estimate of drug-likeness (QED) is 0.362. The second-order valence-electron chi connectivity index (χ2n) is 2.41. The summed E-state index contributed by atoms with van der Waals surface area (Å²) in [4.78, 5) is 14.2. The number of carbonyl (C=O) groups is 1. The lowest BCUT2D eigenvalue weighted by atomic mass is 10.2. The van der Waals surface area contributed by atoms with Crippen molar-refractivity contribution in [1.29, 1.82) is 0 Å². The van der Waals surface area contributed by atoms with Gasteiger partial charge in [0.15, 0.2) is 0 Å². The normalized spacial score (nSPS) is 13.5. The van der Waals surface area contributed by atoms with E-state index in [0.717, 1.165) is 0 Å². The lowest BCUT2D eigenvalue weighted by Crippen LogP contribution is -2.29. The molecule has 0 bridgehead atoms. The molecule has 70 valence electrons. The Balaban J connectivity index is 3.31. The van der Waals surface area contributed by atoms with Gasteiger partial charge in [-0.1, -0.05) is 0 Å². The number of carboxylic acid groups (broad SMARTS) is 1. The molecule has 5 heteroatoms. The van der Waals surface area contributed by atoms with E-state index >= 15 is 0 Å². The Bertz CT molecular complexity index is 159. The van der Waals surface area contributed by atoms with Gasteiger partial charge in [-0.15, -0.1) is 0 Å². The number of aliphatic imine (C=N–C) groups is 1. The van der Waals surface area contributed by atoms with Crippen molar-refractivity contribution in [3.63, 3.8) is 0 Å².